The minimum absolute atomic E-state index is 0.0675. The number of aromatic nitrogens is 4. The average Bonchev–Trinajstić information content (AvgIpc) is 3.22. The molecule has 0 saturated carbocycles. The largest absolute Gasteiger partial charge is 0.370 e. The molecule has 1 amide bonds. The predicted octanol–water partition coefficient (Wildman–Crippen LogP) is 3.10. The zero-order valence-electron chi connectivity index (χ0n) is 16.9. The number of carbonyl (C=O) groups is 1. The molecule has 3 aromatic heterocycles. The van der Waals surface area contributed by atoms with Crippen molar-refractivity contribution in [3.05, 3.63) is 59.2 Å². The normalized spacial score (nSPS) is 12.9. The molecule has 0 radical (unpaired) electrons. The fourth-order valence-corrected chi connectivity index (χ4v) is 3.56. The number of carbonyl (C=O) groups excluding carboxylic acids is 1. The van der Waals surface area contributed by atoms with E-state index in [2.05, 4.69) is 32.6 Å². The van der Waals surface area contributed by atoms with Gasteiger partial charge in [0.25, 0.3) is 5.91 Å². The molecular weight excluding hydrogens is 364 g/mol. The molecule has 7 nitrogen and oxygen atoms in total. The monoisotopic (exact) mass is 390 g/mol. The van der Waals surface area contributed by atoms with E-state index in [-0.39, 0.29) is 5.91 Å². The molecule has 0 bridgehead atoms. The van der Waals surface area contributed by atoms with Crippen molar-refractivity contribution in [2.45, 2.75) is 32.1 Å². The quantitative estimate of drug-likeness (QED) is 0.675. The van der Waals surface area contributed by atoms with E-state index < -0.39 is 0 Å². The molecular formula is C22H26N6O. The second-order valence-electron chi connectivity index (χ2n) is 7.63. The summed E-state index contributed by atoms with van der Waals surface area (Å²) in [6, 6.07) is 8.21. The summed E-state index contributed by atoms with van der Waals surface area (Å²) in [5.41, 5.74) is 5.71. The summed E-state index contributed by atoms with van der Waals surface area (Å²) in [5, 5.41) is 10.9. The summed E-state index contributed by atoms with van der Waals surface area (Å²) in [6.45, 7) is 1.01. The van der Waals surface area contributed by atoms with E-state index in [9.17, 15) is 4.79 Å². The van der Waals surface area contributed by atoms with Crippen LogP contribution in [0, 0.1) is 0 Å². The lowest BCUT2D eigenvalue weighted by Gasteiger charge is -2.17. The number of hydrogen-bond donors (Lipinski definition) is 2. The van der Waals surface area contributed by atoms with Crippen LogP contribution in [0.15, 0.2) is 36.7 Å². The topological polar surface area (TPSA) is 86.8 Å². The van der Waals surface area contributed by atoms with Gasteiger partial charge in [0.05, 0.1) is 11.3 Å². The minimum atomic E-state index is -0.0675. The number of aryl methyl sites for hydroxylation is 3. The van der Waals surface area contributed by atoms with E-state index in [4.69, 9.17) is 4.98 Å². The van der Waals surface area contributed by atoms with Crippen molar-refractivity contribution in [2.75, 3.05) is 26.0 Å². The van der Waals surface area contributed by atoms with Gasteiger partial charge in [0, 0.05) is 50.0 Å². The Kier molecular flexibility index (Phi) is 5.55. The number of H-pyrrole nitrogens is 1. The van der Waals surface area contributed by atoms with Crippen LogP contribution in [0.5, 0.6) is 0 Å². The molecule has 29 heavy (non-hydrogen) atoms. The molecule has 0 fully saturated rings. The number of rotatable bonds is 6. The van der Waals surface area contributed by atoms with Gasteiger partial charge >= 0.3 is 0 Å². The lowest BCUT2D eigenvalue weighted by Crippen LogP contribution is -2.21. The molecule has 0 saturated heterocycles. The number of nitrogens with one attached hydrogen (secondary N) is 2. The molecule has 3 aromatic rings. The van der Waals surface area contributed by atoms with Gasteiger partial charge in [-0.2, -0.15) is 5.10 Å². The van der Waals surface area contributed by atoms with Crippen molar-refractivity contribution in [1.82, 2.24) is 25.1 Å². The summed E-state index contributed by atoms with van der Waals surface area (Å²) in [6.07, 6.45) is 8.42. The predicted molar refractivity (Wildman–Crippen MR) is 113 cm³/mol. The zero-order valence-corrected chi connectivity index (χ0v) is 16.9. The summed E-state index contributed by atoms with van der Waals surface area (Å²) in [5.74, 6) is 0.986. The Morgan fingerprint density at radius 2 is 2.07 bits per heavy atom. The second-order valence-corrected chi connectivity index (χ2v) is 7.63. The third-order valence-electron chi connectivity index (χ3n) is 5.15. The van der Waals surface area contributed by atoms with Crippen molar-refractivity contribution >= 4 is 11.7 Å². The summed E-state index contributed by atoms with van der Waals surface area (Å²) in [4.78, 5) is 22.6. The van der Waals surface area contributed by atoms with Crippen molar-refractivity contribution in [1.29, 1.82) is 0 Å². The number of fused-ring (bicyclic) bond motifs is 1. The second kappa shape index (κ2) is 8.43. The van der Waals surface area contributed by atoms with E-state index in [1.807, 2.05) is 12.1 Å². The highest BCUT2D eigenvalue weighted by atomic mass is 16.2. The Morgan fingerprint density at radius 3 is 2.93 bits per heavy atom. The number of nitrogens with zero attached hydrogens (tertiary/aromatic N) is 4. The maximum absolute atomic E-state index is 12.1. The van der Waals surface area contributed by atoms with E-state index in [1.54, 1.807) is 31.4 Å². The highest BCUT2D eigenvalue weighted by molar-refractivity contribution is 5.94. The Balaban J connectivity index is 1.37. The van der Waals surface area contributed by atoms with Gasteiger partial charge in [-0.05, 0) is 55.9 Å². The molecule has 0 unspecified atom stereocenters. The lowest BCUT2D eigenvalue weighted by atomic mass is 10.1. The molecule has 7 heteroatoms. The van der Waals surface area contributed by atoms with Crippen molar-refractivity contribution in [2.24, 2.45) is 0 Å². The van der Waals surface area contributed by atoms with E-state index in [0.29, 0.717) is 5.56 Å². The Morgan fingerprint density at radius 1 is 1.17 bits per heavy atom. The molecule has 150 valence electrons. The van der Waals surface area contributed by atoms with Crippen LogP contribution in [0.3, 0.4) is 0 Å². The molecule has 0 aliphatic carbocycles. The number of aromatic amines is 1. The lowest BCUT2D eigenvalue weighted by molar-refractivity contribution is 0.0827. The molecule has 2 N–H and O–H groups in total. The standard InChI is InChI=1S/C22H26N6O/c1-28(2)22(29)17-11-16(13-23-14-17)20-12-19(26-27-20)7-3-6-18-9-8-15-5-4-10-24-21(15)25-18/h8-9,11-14H,3-7,10H2,1-2H3,(H,24,25)(H,26,27). The van der Waals surface area contributed by atoms with Gasteiger partial charge in [-0.15, -0.1) is 0 Å². The van der Waals surface area contributed by atoms with Crippen LogP contribution in [-0.4, -0.2) is 51.6 Å². The van der Waals surface area contributed by atoms with Gasteiger partial charge in [-0.25, -0.2) is 4.98 Å². The Hall–Kier alpha value is -3.22. The summed E-state index contributed by atoms with van der Waals surface area (Å²) in [7, 11) is 3.46. The molecule has 4 heterocycles. The maximum Gasteiger partial charge on any atom is 0.254 e. The smallest absolute Gasteiger partial charge is 0.254 e. The van der Waals surface area contributed by atoms with Crippen LogP contribution >= 0.6 is 0 Å². The first-order chi connectivity index (χ1) is 14.1. The fourth-order valence-electron chi connectivity index (χ4n) is 3.56. The van der Waals surface area contributed by atoms with Gasteiger partial charge < -0.3 is 10.2 Å². The third kappa shape index (κ3) is 4.45. The van der Waals surface area contributed by atoms with Crippen LogP contribution in [0.1, 0.15) is 40.2 Å². The van der Waals surface area contributed by atoms with Gasteiger partial charge in [0.1, 0.15) is 5.82 Å². The van der Waals surface area contributed by atoms with Gasteiger partial charge in [-0.1, -0.05) is 6.07 Å². The Labute approximate surface area is 170 Å². The first kappa shape index (κ1) is 19.1. The maximum atomic E-state index is 12.1. The number of anilines is 1. The van der Waals surface area contributed by atoms with Crippen LogP contribution < -0.4 is 5.32 Å². The molecule has 0 aromatic carbocycles. The van der Waals surface area contributed by atoms with Crippen LogP contribution in [-0.2, 0) is 19.3 Å². The van der Waals surface area contributed by atoms with Crippen molar-refractivity contribution < 1.29 is 4.79 Å². The van der Waals surface area contributed by atoms with Crippen LogP contribution in [0.2, 0.25) is 0 Å². The van der Waals surface area contributed by atoms with E-state index in [1.165, 1.54) is 12.0 Å². The SMILES string of the molecule is CN(C)C(=O)c1cncc(-c2cc(CCCc3ccc4c(n3)NCCC4)[nH]n2)c1. The molecule has 4 rings (SSSR count). The molecule has 1 aliphatic rings. The Bertz CT molecular complexity index is 1010. The fraction of sp³-hybridized carbons (Fsp3) is 0.364. The first-order valence-corrected chi connectivity index (χ1v) is 10.0. The molecule has 1 aliphatic heterocycles. The highest BCUT2D eigenvalue weighted by Gasteiger charge is 2.12. The van der Waals surface area contributed by atoms with E-state index >= 15 is 0 Å². The third-order valence-corrected chi connectivity index (χ3v) is 5.15. The zero-order chi connectivity index (χ0) is 20.2. The number of hydrogen-bond acceptors (Lipinski definition) is 5. The number of amides is 1. The van der Waals surface area contributed by atoms with Crippen LogP contribution in [0.4, 0.5) is 5.82 Å². The summed E-state index contributed by atoms with van der Waals surface area (Å²) >= 11 is 0. The summed E-state index contributed by atoms with van der Waals surface area (Å²) < 4.78 is 0. The van der Waals surface area contributed by atoms with Gasteiger partial charge in [-0.3, -0.25) is 14.9 Å². The first-order valence-electron chi connectivity index (χ1n) is 10.0. The van der Waals surface area contributed by atoms with Crippen LogP contribution in [0.25, 0.3) is 11.3 Å². The van der Waals surface area contributed by atoms with E-state index in [0.717, 1.165) is 60.7 Å². The average molecular weight is 390 g/mol. The molecule has 0 atom stereocenters. The van der Waals surface area contributed by atoms with Gasteiger partial charge in [0.15, 0.2) is 0 Å². The van der Waals surface area contributed by atoms with Crippen molar-refractivity contribution in [3.8, 4) is 11.3 Å². The minimum Gasteiger partial charge on any atom is -0.370 e. The van der Waals surface area contributed by atoms with Crippen molar-refractivity contribution in [3.63, 3.8) is 0 Å². The van der Waals surface area contributed by atoms with Gasteiger partial charge in [0.2, 0.25) is 0 Å². The number of pyridine rings is 2. The highest BCUT2D eigenvalue weighted by Crippen LogP contribution is 2.21. The molecule has 0 spiro atoms.